The van der Waals surface area contributed by atoms with Crippen molar-refractivity contribution in [3.63, 3.8) is 0 Å². The van der Waals surface area contributed by atoms with Crippen molar-refractivity contribution >= 4 is 17.6 Å². The fourth-order valence-corrected chi connectivity index (χ4v) is 3.26. The Morgan fingerprint density at radius 1 is 1.03 bits per heavy atom. The molecule has 2 amide bonds. The fraction of sp³-hybridized carbons (Fsp3) is 0.409. The van der Waals surface area contributed by atoms with Crippen LogP contribution in [0.3, 0.4) is 0 Å². The molecule has 1 N–H and O–H groups in total. The van der Waals surface area contributed by atoms with Crippen LogP contribution in [-0.4, -0.2) is 66.0 Å². The number of nitrogens with one attached hydrogen (secondary N) is 1. The molecule has 0 bridgehead atoms. The molecule has 154 valence electrons. The van der Waals surface area contributed by atoms with Gasteiger partial charge in [0.2, 0.25) is 0 Å². The first-order valence-electron chi connectivity index (χ1n) is 10.1. The lowest BCUT2D eigenvalue weighted by Crippen LogP contribution is -2.35. The molecular weight excluding hydrogens is 368 g/mol. The summed E-state index contributed by atoms with van der Waals surface area (Å²) in [4.78, 5) is 33.3. The summed E-state index contributed by atoms with van der Waals surface area (Å²) in [7, 11) is 0. The van der Waals surface area contributed by atoms with Gasteiger partial charge in [0.05, 0.1) is 13.2 Å². The van der Waals surface area contributed by atoms with Crippen LogP contribution >= 0.6 is 0 Å². The molecule has 29 heavy (non-hydrogen) atoms. The summed E-state index contributed by atoms with van der Waals surface area (Å²) in [6.45, 7) is 9.41. The van der Waals surface area contributed by atoms with Crippen LogP contribution in [0.25, 0.3) is 0 Å². The molecule has 0 spiro atoms. The van der Waals surface area contributed by atoms with Crippen LogP contribution < -0.4 is 5.32 Å². The molecule has 1 aromatic heterocycles. The minimum Gasteiger partial charge on any atom is -0.379 e. The van der Waals surface area contributed by atoms with Gasteiger partial charge in [-0.05, 0) is 49.7 Å². The molecule has 0 radical (unpaired) electrons. The standard InChI is InChI=1S/C22H28N4O3/c1-3-26(4-2)22(28)19-8-6-18(7-9-19)21(27)24-20-10-5-17(15-23-20)16-25-11-13-29-14-12-25/h5-10,15H,3-4,11-14,16H2,1-2H3,(H,23,24,27). The third-order valence-corrected chi connectivity index (χ3v) is 5.02. The van der Waals surface area contributed by atoms with Crippen molar-refractivity contribution in [2.45, 2.75) is 20.4 Å². The Balaban J connectivity index is 1.57. The zero-order chi connectivity index (χ0) is 20.6. The minimum atomic E-state index is -0.250. The summed E-state index contributed by atoms with van der Waals surface area (Å²) < 4.78 is 5.36. The Bertz CT molecular complexity index is 811. The number of hydrogen-bond acceptors (Lipinski definition) is 5. The van der Waals surface area contributed by atoms with Gasteiger partial charge in [0.1, 0.15) is 5.82 Å². The molecule has 0 atom stereocenters. The van der Waals surface area contributed by atoms with E-state index in [1.807, 2.05) is 26.0 Å². The number of hydrogen-bond donors (Lipinski definition) is 1. The van der Waals surface area contributed by atoms with Crippen molar-refractivity contribution < 1.29 is 14.3 Å². The first kappa shape index (κ1) is 21.0. The van der Waals surface area contributed by atoms with E-state index in [4.69, 9.17) is 4.74 Å². The molecule has 0 unspecified atom stereocenters. The van der Waals surface area contributed by atoms with Crippen molar-refractivity contribution in [2.24, 2.45) is 0 Å². The highest BCUT2D eigenvalue weighted by molar-refractivity contribution is 6.04. The molecular formula is C22H28N4O3. The number of aromatic nitrogens is 1. The van der Waals surface area contributed by atoms with Gasteiger partial charge in [-0.25, -0.2) is 4.98 Å². The van der Waals surface area contributed by atoms with Crippen LogP contribution in [0, 0.1) is 0 Å². The molecule has 1 aliphatic rings. The largest absolute Gasteiger partial charge is 0.379 e. The van der Waals surface area contributed by atoms with Gasteiger partial charge in [-0.15, -0.1) is 0 Å². The van der Waals surface area contributed by atoms with E-state index in [1.165, 1.54) is 0 Å². The number of ether oxygens (including phenoxy) is 1. The molecule has 3 rings (SSSR count). The molecule has 7 heteroatoms. The molecule has 0 aliphatic carbocycles. The Morgan fingerprint density at radius 2 is 1.69 bits per heavy atom. The van der Waals surface area contributed by atoms with E-state index in [0.717, 1.165) is 38.4 Å². The average molecular weight is 396 g/mol. The quantitative estimate of drug-likeness (QED) is 0.779. The van der Waals surface area contributed by atoms with Gasteiger partial charge in [-0.1, -0.05) is 6.07 Å². The Hall–Kier alpha value is -2.77. The second-order valence-electron chi connectivity index (χ2n) is 6.95. The summed E-state index contributed by atoms with van der Waals surface area (Å²) >= 11 is 0. The highest BCUT2D eigenvalue weighted by Gasteiger charge is 2.14. The van der Waals surface area contributed by atoms with Crippen molar-refractivity contribution in [1.82, 2.24) is 14.8 Å². The first-order valence-corrected chi connectivity index (χ1v) is 10.1. The SMILES string of the molecule is CCN(CC)C(=O)c1ccc(C(=O)Nc2ccc(CN3CCOCC3)cn2)cc1. The van der Waals surface area contributed by atoms with E-state index in [1.54, 1.807) is 35.4 Å². The lowest BCUT2D eigenvalue weighted by Gasteiger charge is -2.26. The molecule has 1 fully saturated rings. The van der Waals surface area contributed by atoms with E-state index >= 15 is 0 Å². The zero-order valence-electron chi connectivity index (χ0n) is 17.1. The van der Waals surface area contributed by atoms with Gasteiger partial charge in [-0.2, -0.15) is 0 Å². The van der Waals surface area contributed by atoms with Crippen molar-refractivity contribution in [1.29, 1.82) is 0 Å². The first-order chi connectivity index (χ1) is 14.1. The zero-order valence-corrected chi connectivity index (χ0v) is 17.1. The molecule has 2 heterocycles. The van der Waals surface area contributed by atoms with Gasteiger partial charge >= 0.3 is 0 Å². The van der Waals surface area contributed by atoms with Gasteiger partial charge < -0.3 is 15.0 Å². The lowest BCUT2D eigenvalue weighted by atomic mass is 10.1. The normalized spacial score (nSPS) is 14.4. The topological polar surface area (TPSA) is 74.8 Å². The smallest absolute Gasteiger partial charge is 0.256 e. The van der Waals surface area contributed by atoms with Crippen LogP contribution in [0.15, 0.2) is 42.6 Å². The second-order valence-corrected chi connectivity index (χ2v) is 6.95. The number of amides is 2. The summed E-state index contributed by atoms with van der Waals surface area (Å²) in [5.41, 5.74) is 2.17. The van der Waals surface area contributed by atoms with Crippen LogP contribution in [-0.2, 0) is 11.3 Å². The minimum absolute atomic E-state index is 0.0283. The van der Waals surface area contributed by atoms with Crippen molar-refractivity contribution in [2.75, 3.05) is 44.7 Å². The van der Waals surface area contributed by atoms with E-state index in [0.29, 0.717) is 30.0 Å². The molecule has 0 saturated carbocycles. The number of morpholine rings is 1. The van der Waals surface area contributed by atoms with Crippen molar-refractivity contribution in [3.8, 4) is 0 Å². The third-order valence-electron chi connectivity index (χ3n) is 5.02. The Kier molecular flexibility index (Phi) is 7.32. The van der Waals surface area contributed by atoms with Gasteiger partial charge in [0, 0.05) is 50.0 Å². The lowest BCUT2D eigenvalue weighted by molar-refractivity contribution is 0.0341. The fourth-order valence-electron chi connectivity index (χ4n) is 3.26. The molecule has 1 aliphatic heterocycles. The number of pyridine rings is 1. The van der Waals surface area contributed by atoms with E-state index in [2.05, 4.69) is 15.2 Å². The van der Waals surface area contributed by atoms with Crippen LogP contribution in [0.2, 0.25) is 0 Å². The third kappa shape index (κ3) is 5.62. The Morgan fingerprint density at radius 3 is 2.28 bits per heavy atom. The maximum atomic E-state index is 12.5. The van der Waals surface area contributed by atoms with Gasteiger partial charge in [-0.3, -0.25) is 14.5 Å². The molecule has 1 saturated heterocycles. The summed E-state index contributed by atoms with van der Waals surface area (Å²) in [6.07, 6.45) is 1.79. The number of anilines is 1. The van der Waals surface area contributed by atoms with E-state index < -0.39 is 0 Å². The second kappa shape index (κ2) is 10.1. The highest BCUT2D eigenvalue weighted by atomic mass is 16.5. The van der Waals surface area contributed by atoms with Crippen LogP contribution in [0.5, 0.6) is 0 Å². The maximum absolute atomic E-state index is 12.5. The molecule has 2 aromatic rings. The van der Waals surface area contributed by atoms with Gasteiger partial charge in [0.15, 0.2) is 0 Å². The number of rotatable bonds is 7. The monoisotopic (exact) mass is 396 g/mol. The molecule has 7 nitrogen and oxygen atoms in total. The summed E-state index contributed by atoms with van der Waals surface area (Å²) in [6, 6.07) is 10.5. The predicted octanol–water partition coefficient (Wildman–Crippen LogP) is 2.65. The van der Waals surface area contributed by atoms with E-state index in [-0.39, 0.29) is 11.8 Å². The number of benzene rings is 1. The highest BCUT2D eigenvalue weighted by Crippen LogP contribution is 2.12. The van der Waals surface area contributed by atoms with Crippen LogP contribution in [0.1, 0.15) is 40.1 Å². The summed E-state index contributed by atoms with van der Waals surface area (Å²) in [5, 5.41) is 2.80. The van der Waals surface area contributed by atoms with Crippen LogP contribution in [0.4, 0.5) is 5.82 Å². The van der Waals surface area contributed by atoms with Gasteiger partial charge in [0.25, 0.3) is 11.8 Å². The number of carbonyl (C=O) groups is 2. The maximum Gasteiger partial charge on any atom is 0.256 e. The Labute approximate surface area is 171 Å². The number of carbonyl (C=O) groups excluding carboxylic acids is 2. The van der Waals surface area contributed by atoms with Crippen molar-refractivity contribution in [3.05, 3.63) is 59.3 Å². The number of nitrogens with zero attached hydrogens (tertiary/aromatic N) is 3. The average Bonchev–Trinajstić information content (AvgIpc) is 2.76. The summed E-state index contributed by atoms with van der Waals surface area (Å²) in [5.74, 6) is 0.226. The predicted molar refractivity (Wildman–Crippen MR) is 112 cm³/mol. The van der Waals surface area contributed by atoms with E-state index in [9.17, 15) is 9.59 Å². The molecule has 1 aromatic carbocycles.